The summed E-state index contributed by atoms with van der Waals surface area (Å²) in [5.74, 6) is -0.173. The maximum atomic E-state index is 13.1. The van der Waals surface area contributed by atoms with Gasteiger partial charge in [0, 0.05) is 49.1 Å². The van der Waals surface area contributed by atoms with Crippen molar-refractivity contribution in [3.8, 4) is 5.75 Å². The fraction of sp³-hybridized carbons (Fsp3) is 0.500. The van der Waals surface area contributed by atoms with Crippen molar-refractivity contribution in [2.24, 2.45) is 5.41 Å². The van der Waals surface area contributed by atoms with Gasteiger partial charge < -0.3 is 24.2 Å². The quantitative estimate of drug-likeness (QED) is 0.418. The number of carbonyl (C=O) groups is 2. The fourth-order valence-electron chi connectivity index (χ4n) is 8.62. The monoisotopic (exact) mass is 546 g/mol. The molecule has 1 saturated carbocycles. The number of methoxy groups -OCH3 is 1. The van der Waals surface area contributed by atoms with Gasteiger partial charge >= 0.3 is 11.9 Å². The zero-order chi connectivity index (χ0) is 28.3. The van der Waals surface area contributed by atoms with Gasteiger partial charge in [0.15, 0.2) is 5.60 Å². The van der Waals surface area contributed by atoms with E-state index in [9.17, 15) is 14.7 Å². The van der Waals surface area contributed by atoms with E-state index in [0.29, 0.717) is 6.42 Å². The molecule has 2 fully saturated rings. The third-order valence-corrected chi connectivity index (χ3v) is 9.87. The Morgan fingerprint density at radius 3 is 2.60 bits per heavy atom. The molecule has 1 N–H and O–H groups in total. The lowest BCUT2D eigenvalue weighted by Gasteiger charge is -2.64. The lowest BCUT2D eigenvalue weighted by molar-refractivity contribution is -0.232. The molecule has 0 radical (unpaired) electrons. The normalized spacial score (nSPS) is 33.6. The standard InChI is InChI=1S/C32H38N2O6/c1-5-30-14-9-16-34-17-15-31(27(30)34)24-13-12-23(38-4)19-25(24)33(3)28(31)32(37,29(30)40-21(2)35)20-39-26(36)18-22-10-7-6-8-11-22/h6-14,19,27-29,37H,5,15-18,20H2,1-4H3/t27?,28-,29-,30?,31-,32?/m1/s1. The topological polar surface area (TPSA) is 88.5 Å². The van der Waals surface area contributed by atoms with Gasteiger partial charge in [0.1, 0.15) is 18.5 Å². The number of hydrogen-bond donors (Lipinski definition) is 1. The minimum atomic E-state index is -1.69. The average Bonchev–Trinajstić information content (AvgIpc) is 3.46. The van der Waals surface area contributed by atoms with Crippen LogP contribution >= 0.6 is 0 Å². The van der Waals surface area contributed by atoms with Crippen LogP contribution in [0.15, 0.2) is 60.7 Å². The SMILES string of the molecule is CCC12C=CCN3CC[C@@]4(c5ccc(OC)cc5N(C)[C@H]4C(O)(COC(=O)Cc4ccccc4)[C@@H]1OC(C)=O)C32. The minimum absolute atomic E-state index is 0.0123. The molecule has 0 aromatic heterocycles. The van der Waals surface area contributed by atoms with E-state index in [1.807, 2.05) is 49.5 Å². The number of carbonyl (C=O) groups excluding carboxylic acids is 2. The number of aliphatic hydroxyl groups is 1. The molecule has 2 aromatic rings. The minimum Gasteiger partial charge on any atom is -0.497 e. The van der Waals surface area contributed by atoms with Gasteiger partial charge in [-0.15, -0.1) is 0 Å². The van der Waals surface area contributed by atoms with Crippen LogP contribution in [0.2, 0.25) is 0 Å². The molecule has 1 saturated heterocycles. The number of hydrogen-bond acceptors (Lipinski definition) is 8. The number of esters is 2. The fourth-order valence-corrected chi connectivity index (χ4v) is 8.62. The second-order valence-corrected chi connectivity index (χ2v) is 11.8. The first kappa shape index (κ1) is 26.8. The summed E-state index contributed by atoms with van der Waals surface area (Å²) in [6.45, 7) is 4.83. The smallest absolute Gasteiger partial charge is 0.310 e. The van der Waals surface area contributed by atoms with E-state index in [1.165, 1.54) is 6.92 Å². The summed E-state index contributed by atoms with van der Waals surface area (Å²) in [6, 6.07) is 15.0. The second-order valence-electron chi connectivity index (χ2n) is 11.8. The van der Waals surface area contributed by atoms with Crippen LogP contribution in [0.3, 0.4) is 0 Å². The van der Waals surface area contributed by atoms with Crippen LogP contribution in [0.4, 0.5) is 5.69 Å². The number of anilines is 1. The lowest BCUT2D eigenvalue weighted by Crippen LogP contribution is -2.80. The third-order valence-electron chi connectivity index (χ3n) is 9.87. The molecule has 4 aliphatic rings. The van der Waals surface area contributed by atoms with Crippen molar-refractivity contribution in [2.75, 3.05) is 38.8 Å². The molecule has 3 aliphatic heterocycles. The predicted octanol–water partition coefficient (Wildman–Crippen LogP) is 3.25. The Kier molecular flexibility index (Phi) is 6.46. The molecule has 6 rings (SSSR count). The number of likely N-dealkylation sites (N-methyl/N-ethyl adjacent to an activating group) is 1. The molecule has 6 atom stereocenters. The first-order valence-electron chi connectivity index (χ1n) is 14.1. The largest absolute Gasteiger partial charge is 0.497 e. The summed E-state index contributed by atoms with van der Waals surface area (Å²) in [6.07, 6.45) is 4.92. The molecule has 0 amide bonds. The Bertz CT molecular complexity index is 1350. The van der Waals surface area contributed by atoms with Crippen molar-refractivity contribution in [2.45, 2.75) is 62.3 Å². The van der Waals surface area contributed by atoms with Crippen LogP contribution in [-0.4, -0.2) is 79.6 Å². The first-order chi connectivity index (χ1) is 19.2. The summed E-state index contributed by atoms with van der Waals surface area (Å²) < 4.78 is 17.6. The number of rotatable bonds is 7. The van der Waals surface area contributed by atoms with Gasteiger partial charge in [-0.2, -0.15) is 0 Å². The summed E-state index contributed by atoms with van der Waals surface area (Å²) in [5, 5.41) is 13.0. The van der Waals surface area contributed by atoms with E-state index in [4.69, 9.17) is 14.2 Å². The maximum Gasteiger partial charge on any atom is 0.310 e. The maximum absolute atomic E-state index is 13.1. The highest BCUT2D eigenvalue weighted by molar-refractivity contribution is 5.74. The van der Waals surface area contributed by atoms with Crippen LogP contribution in [0.5, 0.6) is 5.75 Å². The van der Waals surface area contributed by atoms with Crippen molar-refractivity contribution in [3.63, 3.8) is 0 Å². The van der Waals surface area contributed by atoms with Gasteiger partial charge in [-0.1, -0.05) is 55.5 Å². The predicted molar refractivity (Wildman–Crippen MR) is 150 cm³/mol. The van der Waals surface area contributed by atoms with Crippen LogP contribution in [-0.2, 0) is 30.9 Å². The van der Waals surface area contributed by atoms with E-state index in [0.717, 1.165) is 42.1 Å². The van der Waals surface area contributed by atoms with Crippen molar-refractivity contribution in [1.82, 2.24) is 4.90 Å². The molecule has 40 heavy (non-hydrogen) atoms. The van der Waals surface area contributed by atoms with Crippen molar-refractivity contribution in [3.05, 3.63) is 71.8 Å². The van der Waals surface area contributed by atoms with Crippen molar-refractivity contribution < 1.29 is 28.9 Å². The summed E-state index contributed by atoms with van der Waals surface area (Å²) in [4.78, 5) is 30.3. The van der Waals surface area contributed by atoms with E-state index >= 15 is 0 Å². The molecule has 1 aliphatic carbocycles. The lowest BCUT2D eigenvalue weighted by atomic mass is 9.48. The van der Waals surface area contributed by atoms with Crippen LogP contribution < -0.4 is 9.64 Å². The Balaban J connectivity index is 1.50. The van der Waals surface area contributed by atoms with E-state index in [2.05, 4.69) is 34.9 Å². The van der Waals surface area contributed by atoms with Crippen molar-refractivity contribution >= 4 is 17.6 Å². The van der Waals surface area contributed by atoms with Crippen molar-refractivity contribution in [1.29, 1.82) is 0 Å². The highest BCUT2D eigenvalue weighted by atomic mass is 16.6. The highest BCUT2D eigenvalue weighted by Gasteiger charge is 2.78. The molecule has 8 nitrogen and oxygen atoms in total. The van der Waals surface area contributed by atoms with E-state index in [1.54, 1.807) is 7.11 Å². The molecule has 3 unspecified atom stereocenters. The molecule has 0 bridgehead atoms. The first-order valence-corrected chi connectivity index (χ1v) is 14.1. The Morgan fingerprint density at radius 1 is 1.12 bits per heavy atom. The van der Waals surface area contributed by atoms with Gasteiger partial charge in [-0.25, -0.2) is 0 Å². The third kappa shape index (κ3) is 3.65. The average molecular weight is 547 g/mol. The molecular weight excluding hydrogens is 508 g/mol. The van der Waals surface area contributed by atoms with Gasteiger partial charge in [-0.3, -0.25) is 14.5 Å². The van der Waals surface area contributed by atoms with Gasteiger partial charge in [0.25, 0.3) is 0 Å². The number of fused-ring (bicyclic) bond motifs is 1. The summed E-state index contributed by atoms with van der Waals surface area (Å²) >= 11 is 0. The van der Waals surface area contributed by atoms with Crippen LogP contribution in [0.1, 0.15) is 37.8 Å². The van der Waals surface area contributed by atoms with E-state index in [-0.39, 0.29) is 19.1 Å². The zero-order valence-electron chi connectivity index (χ0n) is 23.6. The number of nitrogens with zero attached hydrogens (tertiary/aromatic N) is 2. The number of benzene rings is 2. The Hall–Kier alpha value is -3.36. The van der Waals surface area contributed by atoms with Gasteiger partial charge in [0.2, 0.25) is 0 Å². The zero-order valence-corrected chi connectivity index (χ0v) is 23.6. The Morgan fingerprint density at radius 2 is 1.90 bits per heavy atom. The van der Waals surface area contributed by atoms with Gasteiger partial charge in [0.05, 0.1) is 19.6 Å². The van der Waals surface area contributed by atoms with Crippen LogP contribution in [0, 0.1) is 5.41 Å². The summed E-state index contributed by atoms with van der Waals surface area (Å²) in [5.41, 5.74) is 0.109. The molecular formula is C32H38N2O6. The van der Waals surface area contributed by atoms with E-state index < -0.39 is 40.5 Å². The highest BCUT2D eigenvalue weighted by Crippen LogP contribution is 2.67. The molecule has 1 spiro atoms. The molecule has 3 heterocycles. The second kappa shape index (κ2) is 9.63. The summed E-state index contributed by atoms with van der Waals surface area (Å²) in [7, 11) is 3.62. The molecule has 8 heteroatoms. The molecule has 212 valence electrons. The number of ether oxygens (including phenoxy) is 3. The van der Waals surface area contributed by atoms with Gasteiger partial charge in [-0.05, 0) is 36.6 Å². The Labute approximate surface area is 235 Å². The molecule has 2 aromatic carbocycles. The van der Waals surface area contributed by atoms with Crippen LogP contribution in [0.25, 0.3) is 0 Å².